The zero-order valence-electron chi connectivity index (χ0n) is 12.5. The third kappa shape index (κ3) is 4.29. The molecule has 1 aliphatic rings. The average Bonchev–Trinajstić information content (AvgIpc) is 2.70. The predicted molar refractivity (Wildman–Crippen MR) is 82.1 cm³/mol. The Bertz CT molecular complexity index is 390. The number of halogens is 1. The number of likely N-dealkylation sites (tertiary alicyclic amines) is 1. The van der Waals surface area contributed by atoms with Gasteiger partial charge in [0.05, 0.1) is 0 Å². The van der Waals surface area contributed by atoms with Crippen molar-refractivity contribution in [2.24, 2.45) is 5.73 Å². The van der Waals surface area contributed by atoms with Gasteiger partial charge in [-0.1, -0.05) is 31.9 Å². The van der Waals surface area contributed by atoms with Gasteiger partial charge in [-0.15, -0.1) is 0 Å². The van der Waals surface area contributed by atoms with Gasteiger partial charge in [-0.25, -0.2) is 4.39 Å². The normalized spacial score (nSPS) is 22.4. The molecule has 2 N–H and O–H groups in total. The maximum atomic E-state index is 12.9. The fourth-order valence-corrected chi connectivity index (χ4v) is 3.18. The minimum atomic E-state index is -0.195. The van der Waals surface area contributed by atoms with Gasteiger partial charge in [0, 0.05) is 18.6 Å². The molecule has 1 aliphatic heterocycles. The Morgan fingerprint density at radius 2 is 2.00 bits per heavy atom. The first kappa shape index (κ1) is 15.5. The monoisotopic (exact) mass is 278 g/mol. The Kier molecular flexibility index (Phi) is 5.99. The third-order valence-electron chi connectivity index (χ3n) is 4.50. The van der Waals surface area contributed by atoms with E-state index in [9.17, 15) is 4.39 Å². The molecule has 1 aromatic rings. The van der Waals surface area contributed by atoms with Crippen molar-refractivity contribution >= 4 is 0 Å². The number of hydrogen-bond acceptors (Lipinski definition) is 2. The standard InChI is InChI=1S/C17H27FN2/c1-2-16-6-4-3-5-12-20(16)13-11-17(19)14-7-9-15(18)10-8-14/h7-10,16-17H,2-6,11-13,19H2,1H3. The molecule has 2 atom stereocenters. The SMILES string of the molecule is CCC1CCCCCN1CCC(N)c1ccc(F)cc1. The molecule has 3 heteroatoms. The molecule has 0 radical (unpaired) electrons. The number of rotatable bonds is 5. The van der Waals surface area contributed by atoms with E-state index in [4.69, 9.17) is 5.73 Å². The third-order valence-corrected chi connectivity index (χ3v) is 4.50. The molecular formula is C17H27FN2. The van der Waals surface area contributed by atoms with Crippen molar-refractivity contribution in [1.29, 1.82) is 0 Å². The second-order valence-electron chi connectivity index (χ2n) is 5.89. The molecule has 112 valence electrons. The first-order chi connectivity index (χ1) is 9.70. The highest BCUT2D eigenvalue weighted by molar-refractivity contribution is 5.19. The summed E-state index contributed by atoms with van der Waals surface area (Å²) in [5, 5.41) is 0. The van der Waals surface area contributed by atoms with E-state index >= 15 is 0 Å². The molecule has 0 spiro atoms. The minimum Gasteiger partial charge on any atom is -0.324 e. The van der Waals surface area contributed by atoms with Gasteiger partial charge in [-0.05, 0) is 49.9 Å². The summed E-state index contributed by atoms with van der Waals surface area (Å²) in [5.74, 6) is -0.195. The van der Waals surface area contributed by atoms with Crippen LogP contribution in [0, 0.1) is 5.82 Å². The summed E-state index contributed by atoms with van der Waals surface area (Å²) in [7, 11) is 0. The molecule has 1 saturated heterocycles. The summed E-state index contributed by atoms with van der Waals surface area (Å²) in [4.78, 5) is 2.61. The minimum absolute atomic E-state index is 0.0105. The first-order valence-corrected chi connectivity index (χ1v) is 7.95. The lowest BCUT2D eigenvalue weighted by molar-refractivity contribution is 0.188. The number of nitrogens with zero attached hydrogens (tertiary/aromatic N) is 1. The average molecular weight is 278 g/mol. The molecule has 2 rings (SSSR count). The summed E-state index contributed by atoms with van der Waals surface area (Å²) in [6.45, 7) is 4.54. The molecular weight excluding hydrogens is 251 g/mol. The summed E-state index contributed by atoms with van der Waals surface area (Å²) in [6.07, 6.45) is 7.52. The quantitative estimate of drug-likeness (QED) is 0.886. The summed E-state index contributed by atoms with van der Waals surface area (Å²) in [6, 6.07) is 7.33. The highest BCUT2D eigenvalue weighted by atomic mass is 19.1. The summed E-state index contributed by atoms with van der Waals surface area (Å²) < 4.78 is 12.9. The van der Waals surface area contributed by atoms with Gasteiger partial charge in [-0.2, -0.15) is 0 Å². The maximum Gasteiger partial charge on any atom is 0.123 e. The van der Waals surface area contributed by atoms with Crippen molar-refractivity contribution in [3.63, 3.8) is 0 Å². The van der Waals surface area contributed by atoms with Gasteiger partial charge >= 0.3 is 0 Å². The highest BCUT2D eigenvalue weighted by Crippen LogP contribution is 2.21. The Hall–Kier alpha value is -0.930. The lowest BCUT2D eigenvalue weighted by atomic mass is 10.0. The molecule has 1 fully saturated rings. The van der Waals surface area contributed by atoms with E-state index < -0.39 is 0 Å². The van der Waals surface area contributed by atoms with Crippen LogP contribution in [-0.4, -0.2) is 24.0 Å². The van der Waals surface area contributed by atoms with Crippen LogP contribution in [0.15, 0.2) is 24.3 Å². The van der Waals surface area contributed by atoms with Crippen LogP contribution in [0.3, 0.4) is 0 Å². The molecule has 0 aromatic heterocycles. The number of hydrogen-bond donors (Lipinski definition) is 1. The Morgan fingerprint density at radius 1 is 1.25 bits per heavy atom. The second kappa shape index (κ2) is 7.75. The van der Waals surface area contributed by atoms with Crippen molar-refractivity contribution in [1.82, 2.24) is 4.90 Å². The van der Waals surface area contributed by atoms with Gasteiger partial charge in [0.15, 0.2) is 0 Å². The van der Waals surface area contributed by atoms with Crippen LogP contribution in [0.1, 0.15) is 57.1 Å². The Balaban J connectivity index is 1.87. The molecule has 1 heterocycles. The molecule has 0 aliphatic carbocycles. The van der Waals surface area contributed by atoms with Crippen LogP contribution >= 0.6 is 0 Å². The van der Waals surface area contributed by atoms with Gasteiger partial charge < -0.3 is 10.6 Å². The zero-order chi connectivity index (χ0) is 14.4. The number of benzene rings is 1. The van der Waals surface area contributed by atoms with Gasteiger partial charge in [0.25, 0.3) is 0 Å². The highest BCUT2D eigenvalue weighted by Gasteiger charge is 2.19. The Morgan fingerprint density at radius 3 is 2.70 bits per heavy atom. The van der Waals surface area contributed by atoms with Crippen LogP contribution in [0.5, 0.6) is 0 Å². The van der Waals surface area contributed by atoms with E-state index in [0.29, 0.717) is 0 Å². The topological polar surface area (TPSA) is 29.3 Å². The van der Waals surface area contributed by atoms with E-state index in [1.54, 1.807) is 12.1 Å². The van der Waals surface area contributed by atoms with Crippen molar-refractivity contribution in [2.75, 3.05) is 13.1 Å². The van der Waals surface area contributed by atoms with E-state index in [0.717, 1.165) is 24.6 Å². The smallest absolute Gasteiger partial charge is 0.123 e. The zero-order valence-corrected chi connectivity index (χ0v) is 12.5. The van der Waals surface area contributed by atoms with Crippen LogP contribution in [0.4, 0.5) is 4.39 Å². The van der Waals surface area contributed by atoms with Crippen molar-refractivity contribution in [3.05, 3.63) is 35.6 Å². The van der Waals surface area contributed by atoms with Crippen LogP contribution in [0.2, 0.25) is 0 Å². The van der Waals surface area contributed by atoms with Gasteiger partial charge in [-0.3, -0.25) is 0 Å². The van der Waals surface area contributed by atoms with Gasteiger partial charge in [0.2, 0.25) is 0 Å². The fraction of sp³-hybridized carbons (Fsp3) is 0.647. The van der Waals surface area contributed by atoms with E-state index in [1.165, 1.54) is 50.8 Å². The molecule has 2 unspecified atom stereocenters. The lowest BCUT2D eigenvalue weighted by Crippen LogP contribution is -2.36. The van der Waals surface area contributed by atoms with E-state index in [2.05, 4.69) is 11.8 Å². The lowest BCUT2D eigenvalue weighted by Gasteiger charge is -2.30. The van der Waals surface area contributed by atoms with Crippen LogP contribution in [-0.2, 0) is 0 Å². The van der Waals surface area contributed by atoms with Crippen LogP contribution < -0.4 is 5.73 Å². The van der Waals surface area contributed by atoms with Crippen molar-refractivity contribution < 1.29 is 4.39 Å². The second-order valence-corrected chi connectivity index (χ2v) is 5.89. The predicted octanol–water partition coefficient (Wildman–Crippen LogP) is 3.87. The number of nitrogens with two attached hydrogens (primary N) is 1. The molecule has 2 nitrogen and oxygen atoms in total. The van der Waals surface area contributed by atoms with Crippen LogP contribution in [0.25, 0.3) is 0 Å². The van der Waals surface area contributed by atoms with Crippen molar-refractivity contribution in [3.8, 4) is 0 Å². The molecule has 20 heavy (non-hydrogen) atoms. The molecule has 1 aromatic carbocycles. The van der Waals surface area contributed by atoms with Gasteiger partial charge in [0.1, 0.15) is 5.82 Å². The van der Waals surface area contributed by atoms with E-state index in [1.807, 2.05) is 0 Å². The summed E-state index contributed by atoms with van der Waals surface area (Å²) >= 11 is 0. The molecule has 0 bridgehead atoms. The fourth-order valence-electron chi connectivity index (χ4n) is 3.18. The van der Waals surface area contributed by atoms with E-state index in [-0.39, 0.29) is 11.9 Å². The summed E-state index contributed by atoms with van der Waals surface area (Å²) in [5.41, 5.74) is 7.28. The Labute approximate surface area is 122 Å². The molecule has 0 amide bonds. The first-order valence-electron chi connectivity index (χ1n) is 7.95. The largest absolute Gasteiger partial charge is 0.324 e. The maximum absolute atomic E-state index is 12.9. The van der Waals surface area contributed by atoms with Crippen molar-refractivity contribution in [2.45, 2.75) is 57.5 Å². The molecule has 0 saturated carbocycles.